The lowest BCUT2D eigenvalue weighted by Crippen LogP contribution is -2.47. The zero-order chi connectivity index (χ0) is 20.0. The molecule has 7 heteroatoms. The van der Waals surface area contributed by atoms with Gasteiger partial charge in [-0.05, 0) is 23.1 Å². The fraction of sp³-hybridized carbons (Fsp3) is 0.450. The van der Waals surface area contributed by atoms with Crippen LogP contribution >= 0.6 is 0 Å². The summed E-state index contributed by atoms with van der Waals surface area (Å²) in [7, 11) is 1.36. The molecule has 2 N–H and O–H groups in total. The number of hydrogen-bond acceptors (Lipinski definition) is 4. The van der Waals surface area contributed by atoms with Gasteiger partial charge in [-0.3, -0.25) is 4.79 Å². The van der Waals surface area contributed by atoms with Gasteiger partial charge in [-0.1, -0.05) is 32.9 Å². The summed E-state index contributed by atoms with van der Waals surface area (Å²) < 4.78 is 8.43. The molecule has 0 saturated heterocycles. The number of hydrogen-bond donors (Lipinski definition) is 2. The van der Waals surface area contributed by atoms with Crippen LogP contribution in [0, 0.1) is 5.41 Å². The fourth-order valence-electron chi connectivity index (χ4n) is 2.64. The van der Waals surface area contributed by atoms with Crippen LogP contribution in [0.15, 0.2) is 43.0 Å². The summed E-state index contributed by atoms with van der Waals surface area (Å²) in [6.45, 7) is 6.64. The van der Waals surface area contributed by atoms with E-state index in [1.165, 1.54) is 7.11 Å². The molecule has 2 aromatic rings. The van der Waals surface area contributed by atoms with E-state index in [9.17, 15) is 14.7 Å². The van der Waals surface area contributed by atoms with E-state index in [1.54, 1.807) is 16.7 Å². The molecule has 0 aliphatic heterocycles. The van der Waals surface area contributed by atoms with Crippen molar-refractivity contribution in [2.75, 3.05) is 13.7 Å². The van der Waals surface area contributed by atoms with Crippen LogP contribution in [0.1, 0.15) is 36.7 Å². The van der Waals surface area contributed by atoms with E-state index in [0.29, 0.717) is 12.1 Å². The van der Waals surface area contributed by atoms with Gasteiger partial charge in [0.15, 0.2) is 6.54 Å². The topological polar surface area (TPSA) is 84.4 Å². The molecule has 146 valence electrons. The monoisotopic (exact) mass is 374 g/mol. The normalized spacial score (nSPS) is 12.5. The van der Waals surface area contributed by atoms with Crippen molar-refractivity contribution >= 4 is 11.9 Å². The quantitative estimate of drug-likeness (QED) is 0.562. The molecule has 2 rings (SSSR count). The second kappa shape index (κ2) is 8.81. The van der Waals surface area contributed by atoms with Gasteiger partial charge >= 0.3 is 5.97 Å². The largest absolute Gasteiger partial charge is 0.465 e. The number of carbonyl (C=O) groups excluding carboxylic acids is 2. The lowest BCUT2D eigenvalue weighted by molar-refractivity contribution is -0.687. The van der Waals surface area contributed by atoms with E-state index in [4.69, 9.17) is 4.74 Å². The number of aliphatic hydroxyl groups excluding tert-OH is 1. The molecular weight excluding hydrogens is 346 g/mol. The second-order valence-corrected chi connectivity index (χ2v) is 7.62. The number of amides is 1. The van der Waals surface area contributed by atoms with Crippen LogP contribution in [0.4, 0.5) is 0 Å². The highest BCUT2D eigenvalue weighted by molar-refractivity contribution is 5.89. The molecule has 1 atom stereocenters. The third kappa shape index (κ3) is 5.92. The molecule has 1 amide bonds. The highest BCUT2D eigenvalue weighted by Crippen LogP contribution is 2.18. The van der Waals surface area contributed by atoms with Crippen LogP contribution < -0.4 is 9.88 Å². The maximum Gasteiger partial charge on any atom is 0.337 e. The molecule has 0 spiro atoms. The maximum absolute atomic E-state index is 12.2. The van der Waals surface area contributed by atoms with Crippen LogP contribution in [-0.4, -0.2) is 41.3 Å². The fourth-order valence-corrected chi connectivity index (χ4v) is 2.64. The maximum atomic E-state index is 12.2. The molecule has 1 aromatic carbocycles. The molecule has 0 unspecified atom stereocenters. The Morgan fingerprint density at radius 1 is 1.26 bits per heavy atom. The van der Waals surface area contributed by atoms with Crippen LogP contribution in [0.25, 0.3) is 0 Å². The van der Waals surface area contributed by atoms with E-state index >= 15 is 0 Å². The van der Waals surface area contributed by atoms with Crippen molar-refractivity contribution in [3.05, 3.63) is 54.1 Å². The molecule has 0 aliphatic carbocycles. The number of rotatable bonds is 7. The summed E-state index contributed by atoms with van der Waals surface area (Å²) in [6, 6.07) is 6.92. The van der Waals surface area contributed by atoms with E-state index in [2.05, 4.69) is 5.32 Å². The Morgan fingerprint density at radius 3 is 2.48 bits per heavy atom. The van der Waals surface area contributed by atoms with Crippen molar-refractivity contribution in [1.29, 1.82) is 0 Å². The third-order valence-corrected chi connectivity index (χ3v) is 4.38. The van der Waals surface area contributed by atoms with Crippen molar-refractivity contribution in [1.82, 2.24) is 9.88 Å². The zero-order valence-corrected chi connectivity index (χ0v) is 16.3. The summed E-state index contributed by atoms with van der Waals surface area (Å²) in [5, 5.41) is 12.3. The van der Waals surface area contributed by atoms with Crippen molar-refractivity contribution in [3.63, 3.8) is 0 Å². The summed E-state index contributed by atoms with van der Waals surface area (Å²) in [5.74, 6) is -0.503. The van der Waals surface area contributed by atoms with Gasteiger partial charge in [-0.15, -0.1) is 0 Å². The number of benzene rings is 1. The number of nitrogens with one attached hydrogen (secondary N) is 1. The van der Waals surface area contributed by atoms with Gasteiger partial charge in [-0.2, -0.15) is 0 Å². The Hall–Kier alpha value is -2.67. The minimum Gasteiger partial charge on any atom is -0.465 e. The van der Waals surface area contributed by atoms with E-state index in [0.717, 1.165) is 5.56 Å². The van der Waals surface area contributed by atoms with Gasteiger partial charge in [-0.25, -0.2) is 13.9 Å². The van der Waals surface area contributed by atoms with Gasteiger partial charge < -0.3 is 15.2 Å². The number of esters is 1. The van der Waals surface area contributed by atoms with Crippen molar-refractivity contribution in [3.8, 4) is 0 Å². The van der Waals surface area contributed by atoms with Gasteiger partial charge in [0.1, 0.15) is 18.9 Å². The molecule has 7 nitrogen and oxygen atoms in total. The highest BCUT2D eigenvalue weighted by atomic mass is 16.5. The Morgan fingerprint density at radius 2 is 1.93 bits per heavy atom. The second-order valence-electron chi connectivity index (χ2n) is 7.62. The predicted molar refractivity (Wildman–Crippen MR) is 100.0 cm³/mol. The minimum absolute atomic E-state index is 0.0948. The molecule has 27 heavy (non-hydrogen) atoms. The van der Waals surface area contributed by atoms with Crippen LogP contribution in [0.3, 0.4) is 0 Å². The lowest BCUT2D eigenvalue weighted by Gasteiger charge is -2.29. The molecule has 0 bridgehead atoms. The van der Waals surface area contributed by atoms with Crippen LogP contribution in [0.2, 0.25) is 0 Å². The first kappa shape index (κ1) is 20.6. The van der Waals surface area contributed by atoms with E-state index in [1.807, 2.05) is 56.2 Å². The lowest BCUT2D eigenvalue weighted by atomic mass is 9.87. The Balaban J connectivity index is 1.94. The van der Waals surface area contributed by atoms with Crippen molar-refractivity contribution in [2.24, 2.45) is 5.41 Å². The average molecular weight is 374 g/mol. The number of aromatic nitrogens is 2. The summed E-state index contributed by atoms with van der Waals surface area (Å²) in [6.07, 6.45) is 5.56. The summed E-state index contributed by atoms with van der Waals surface area (Å²) >= 11 is 0. The van der Waals surface area contributed by atoms with Crippen molar-refractivity contribution < 1.29 is 24.0 Å². The molecule has 0 saturated carbocycles. The minimum atomic E-state index is -0.359. The summed E-state index contributed by atoms with van der Waals surface area (Å²) in [4.78, 5) is 23.7. The number of nitrogens with zero attached hydrogens (tertiary/aromatic N) is 2. The van der Waals surface area contributed by atoms with Crippen molar-refractivity contribution in [2.45, 2.75) is 39.9 Å². The Kier molecular flexibility index (Phi) is 6.74. The predicted octanol–water partition coefficient (Wildman–Crippen LogP) is 1.13. The van der Waals surface area contributed by atoms with Gasteiger partial charge in [0.25, 0.3) is 5.91 Å². The molecule has 0 radical (unpaired) electrons. The van der Waals surface area contributed by atoms with Gasteiger partial charge in [0.05, 0.1) is 25.3 Å². The first-order valence-corrected chi connectivity index (χ1v) is 8.85. The Labute approximate surface area is 159 Å². The first-order chi connectivity index (χ1) is 12.7. The molecule has 0 fully saturated rings. The van der Waals surface area contributed by atoms with Gasteiger partial charge in [0.2, 0.25) is 6.33 Å². The standard InChI is InChI=1S/C20H27N3O4/c1-20(2,3)17(13-24)21-18(25)12-23-10-9-22(14-23)11-15-5-7-16(8-6-15)19(26)27-4/h5-10,14,17,24H,11-13H2,1-4H3/p+1/t17-/m1/s1. The first-order valence-electron chi connectivity index (χ1n) is 8.85. The average Bonchev–Trinajstić information content (AvgIpc) is 3.05. The summed E-state index contributed by atoms with van der Waals surface area (Å²) in [5.41, 5.74) is 1.33. The number of carbonyl (C=O) groups is 2. The highest BCUT2D eigenvalue weighted by Gasteiger charge is 2.26. The number of methoxy groups -OCH3 is 1. The smallest absolute Gasteiger partial charge is 0.337 e. The molecular formula is C20H28N3O4+. The van der Waals surface area contributed by atoms with E-state index in [-0.39, 0.29) is 36.5 Å². The number of ether oxygens (including phenoxy) is 1. The SMILES string of the molecule is COC(=O)c1ccc(C[n+]2ccn(CC(=O)N[C@H](CO)C(C)(C)C)c2)cc1. The Bertz CT molecular complexity index is 775. The van der Waals surface area contributed by atoms with E-state index < -0.39 is 0 Å². The molecule has 1 aromatic heterocycles. The zero-order valence-electron chi connectivity index (χ0n) is 16.3. The number of imidazole rings is 1. The number of aliphatic hydroxyl groups is 1. The van der Waals surface area contributed by atoms with Gasteiger partial charge in [0, 0.05) is 0 Å². The third-order valence-electron chi connectivity index (χ3n) is 4.38. The van der Waals surface area contributed by atoms with Crippen LogP contribution in [-0.2, 0) is 22.6 Å². The molecule has 1 heterocycles. The molecule has 0 aliphatic rings. The van der Waals surface area contributed by atoms with Crippen LogP contribution in [0.5, 0.6) is 0 Å².